The Kier molecular flexibility index (Phi) is 5.67. The SMILES string of the molecule is CN1CCN(C(CNCc2ccc(O)cc2)c2cccs2)CC1. The van der Waals surface area contributed by atoms with Crippen molar-refractivity contribution in [1.29, 1.82) is 0 Å². The molecule has 1 aliphatic heterocycles. The van der Waals surface area contributed by atoms with Gasteiger partial charge in [0, 0.05) is 44.1 Å². The molecule has 23 heavy (non-hydrogen) atoms. The van der Waals surface area contributed by atoms with E-state index in [0.717, 1.165) is 39.3 Å². The second kappa shape index (κ2) is 7.93. The van der Waals surface area contributed by atoms with Gasteiger partial charge < -0.3 is 15.3 Å². The van der Waals surface area contributed by atoms with Gasteiger partial charge in [0.2, 0.25) is 0 Å². The summed E-state index contributed by atoms with van der Waals surface area (Å²) >= 11 is 1.85. The van der Waals surface area contributed by atoms with Crippen molar-refractivity contribution in [3.8, 4) is 5.75 Å². The smallest absolute Gasteiger partial charge is 0.115 e. The van der Waals surface area contributed by atoms with Gasteiger partial charge in [-0.15, -0.1) is 11.3 Å². The lowest BCUT2D eigenvalue weighted by molar-refractivity contribution is 0.111. The van der Waals surface area contributed by atoms with Crippen LogP contribution in [0.5, 0.6) is 5.75 Å². The first kappa shape index (κ1) is 16.5. The zero-order valence-electron chi connectivity index (χ0n) is 13.6. The molecule has 0 saturated carbocycles. The monoisotopic (exact) mass is 331 g/mol. The van der Waals surface area contributed by atoms with E-state index in [-0.39, 0.29) is 0 Å². The number of likely N-dealkylation sites (N-methyl/N-ethyl adjacent to an activating group) is 1. The number of rotatable bonds is 6. The third-order valence-electron chi connectivity index (χ3n) is 4.45. The van der Waals surface area contributed by atoms with Crippen molar-refractivity contribution in [2.45, 2.75) is 12.6 Å². The van der Waals surface area contributed by atoms with Crippen LogP contribution in [-0.2, 0) is 6.54 Å². The van der Waals surface area contributed by atoms with E-state index in [1.54, 1.807) is 12.1 Å². The van der Waals surface area contributed by atoms with Gasteiger partial charge in [-0.3, -0.25) is 4.90 Å². The second-order valence-electron chi connectivity index (χ2n) is 6.17. The van der Waals surface area contributed by atoms with Crippen LogP contribution in [0.4, 0.5) is 0 Å². The van der Waals surface area contributed by atoms with Crippen LogP contribution in [0.2, 0.25) is 0 Å². The van der Waals surface area contributed by atoms with Crippen LogP contribution < -0.4 is 5.32 Å². The third-order valence-corrected chi connectivity index (χ3v) is 5.43. The van der Waals surface area contributed by atoms with Gasteiger partial charge in [0.05, 0.1) is 6.04 Å². The van der Waals surface area contributed by atoms with Crippen LogP contribution in [0.1, 0.15) is 16.5 Å². The maximum Gasteiger partial charge on any atom is 0.115 e. The van der Waals surface area contributed by atoms with Gasteiger partial charge in [0.1, 0.15) is 5.75 Å². The molecule has 124 valence electrons. The highest BCUT2D eigenvalue weighted by Crippen LogP contribution is 2.25. The van der Waals surface area contributed by atoms with Gasteiger partial charge in [-0.1, -0.05) is 18.2 Å². The van der Waals surface area contributed by atoms with E-state index in [4.69, 9.17) is 0 Å². The zero-order chi connectivity index (χ0) is 16.1. The topological polar surface area (TPSA) is 38.7 Å². The molecule has 0 spiro atoms. The van der Waals surface area contributed by atoms with Crippen molar-refractivity contribution in [2.24, 2.45) is 0 Å². The highest BCUT2D eigenvalue weighted by Gasteiger charge is 2.24. The Bertz CT molecular complexity index is 577. The summed E-state index contributed by atoms with van der Waals surface area (Å²) in [5.74, 6) is 0.322. The van der Waals surface area contributed by atoms with Crippen molar-refractivity contribution >= 4 is 11.3 Å². The van der Waals surface area contributed by atoms with Gasteiger partial charge in [-0.25, -0.2) is 0 Å². The molecule has 0 radical (unpaired) electrons. The number of nitrogens with one attached hydrogen (secondary N) is 1. The molecule has 5 heteroatoms. The number of phenols is 1. The summed E-state index contributed by atoms with van der Waals surface area (Å²) in [5, 5.41) is 15.1. The minimum atomic E-state index is 0.322. The highest BCUT2D eigenvalue weighted by molar-refractivity contribution is 7.10. The van der Waals surface area contributed by atoms with Crippen molar-refractivity contribution in [3.05, 3.63) is 52.2 Å². The molecular formula is C18H25N3OS. The van der Waals surface area contributed by atoms with Crippen LogP contribution >= 0.6 is 11.3 Å². The molecular weight excluding hydrogens is 306 g/mol. The predicted octanol–water partition coefficient (Wildman–Crippen LogP) is 2.53. The van der Waals surface area contributed by atoms with E-state index >= 15 is 0 Å². The Hall–Kier alpha value is -1.40. The van der Waals surface area contributed by atoms with Crippen molar-refractivity contribution in [1.82, 2.24) is 15.1 Å². The Morgan fingerprint density at radius 1 is 1.13 bits per heavy atom. The summed E-state index contributed by atoms with van der Waals surface area (Å²) in [6, 6.07) is 12.3. The van der Waals surface area contributed by atoms with Crippen LogP contribution in [0, 0.1) is 0 Å². The lowest BCUT2D eigenvalue weighted by atomic mass is 10.1. The lowest BCUT2D eigenvalue weighted by Gasteiger charge is -2.37. The van der Waals surface area contributed by atoms with Gasteiger partial charge >= 0.3 is 0 Å². The van der Waals surface area contributed by atoms with Crippen LogP contribution in [0.25, 0.3) is 0 Å². The first-order valence-electron chi connectivity index (χ1n) is 8.17. The minimum Gasteiger partial charge on any atom is -0.508 e. The van der Waals surface area contributed by atoms with E-state index in [9.17, 15) is 5.11 Å². The number of nitrogens with zero attached hydrogens (tertiary/aromatic N) is 2. The third kappa shape index (κ3) is 4.54. The van der Waals surface area contributed by atoms with Gasteiger partial charge in [0.25, 0.3) is 0 Å². The zero-order valence-corrected chi connectivity index (χ0v) is 14.4. The Morgan fingerprint density at radius 3 is 2.52 bits per heavy atom. The fraction of sp³-hybridized carbons (Fsp3) is 0.444. The number of aromatic hydroxyl groups is 1. The Labute approximate surface area is 142 Å². The number of hydrogen-bond donors (Lipinski definition) is 2. The number of hydrogen-bond acceptors (Lipinski definition) is 5. The molecule has 1 aromatic carbocycles. The number of phenolic OH excluding ortho intramolecular Hbond substituents is 1. The molecule has 1 atom stereocenters. The predicted molar refractivity (Wildman–Crippen MR) is 95.9 cm³/mol. The van der Waals surface area contributed by atoms with E-state index in [2.05, 4.69) is 39.7 Å². The molecule has 1 aliphatic rings. The second-order valence-corrected chi connectivity index (χ2v) is 7.15. The molecule has 0 bridgehead atoms. The molecule has 4 nitrogen and oxygen atoms in total. The largest absolute Gasteiger partial charge is 0.508 e. The fourth-order valence-corrected chi connectivity index (χ4v) is 3.85. The van der Waals surface area contributed by atoms with E-state index in [1.807, 2.05) is 23.5 Å². The number of benzene rings is 1. The molecule has 1 unspecified atom stereocenters. The van der Waals surface area contributed by atoms with Crippen molar-refractivity contribution < 1.29 is 5.11 Å². The van der Waals surface area contributed by atoms with E-state index in [0.29, 0.717) is 11.8 Å². The number of piperazine rings is 1. The molecule has 1 aromatic heterocycles. The maximum absolute atomic E-state index is 9.36. The van der Waals surface area contributed by atoms with Crippen LogP contribution in [-0.4, -0.2) is 54.7 Å². The summed E-state index contributed by atoms with van der Waals surface area (Å²) in [6.45, 7) is 6.31. The maximum atomic E-state index is 9.36. The average molecular weight is 331 g/mol. The van der Waals surface area contributed by atoms with Gasteiger partial charge in [-0.05, 0) is 36.2 Å². The molecule has 0 aliphatic carbocycles. The average Bonchev–Trinajstić information content (AvgIpc) is 3.09. The summed E-state index contributed by atoms with van der Waals surface area (Å²) in [6.07, 6.45) is 0. The fourth-order valence-electron chi connectivity index (χ4n) is 2.99. The Balaban J connectivity index is 1.59. The summed E-state index contributed by atoms with van der Waals surface area (Å²) in [4.78, 5) is 6.43. The first-order chi connectivity index (χ1) is 11.2. The standard InChI is InChI=1S/C18H25N3OS/c1-20-8-10-21(11-9-20)17(18-3-2-12-23-18)14-19-13-15-4-6-16(22)7-5-15/h2-7,12,17,19,22H,8-11,13-14H2,1H3. The number of thiophene rings is 1. The molecule has 3 rings (SSSR count). The molecule has 2 N–H and O–H groups in total. The van der Waals surface area contributed by atoms with Crippen LogP contribution in [0.15, 0.2) is 41.8 Å². The summed E-state index contributed by atoms with van der Waals surface area (Å²) in [5.41, 5.74) is 1.20. The molecule has 2 aromatic rings. The quantitative estimate of drug-likeness (QED) is 0.853. The summed E-state index contributed by atoms with van der Waals surface area (Å²) < 4.78 is 0. The summed E-state index contributed by atoms with van der Waals surface area (Å²) in [7, 11) is 2.19. The highest BCUT2D eigenvalue weighted by atomic mass is 32.1. The molecule has 1 fully saturated rings. The van der Waals surface area contributed by atoms with Crippen molar-refractivity contribution in [2.75, 3.05) is 39.8 Å². The molecule has 1 saturated heterocycles. The van der Waals surface area contributed by atoms with E-state index < -0.39 is 0 Å². The van der Waals surface area contributed by atoms with Crippen molar-refractivity contribution in [3.63, 3.8) is 0 Å². The lowest BCUT2D eigenvalue weighted by Crippen LogP contribution is -2.47. The Morgan fingerprint density at radius 2 is 1.87 bits per heavy atom. The molecule has 0 amide bonds. The minimum absolute atomic E-state index is 0.322. The van der Waals surface area contributed by atoms with Gasteiger partial charge in [-0.2, -0.15) is 0 Å². The van der Waals surface area contributed by atoms with E-state index in [1.165, 1.54) is 10.4 Å². The normalized spacial score (nSPS) is 18.1. The molecule has 2 heterocycles. The van der Waals surface area contributed by atoms with Crippen LogP contribution in [0.3, 0.4) is 0 Å². The first-order valence-corrected chi connectivity index (χ1v) is 9.05. The van der Waals surface area contributed by atoms with Gasteiger partial charge in [0.15, 0.2) is 0 Å².